The van der Waals surface area contributed by atoms with Crippen LogP contribution < -0.4 is 10.6 Å². The first-order chi connectivity index (χ1) is 12.4. The number of carbonyl (C=O) groups is 3. The number of aliphatic carboxylic acids is 1. The maximum absolute atomic E-state index is 12.2. The van der Waals surface area contributed by atoms with E-state index in [4.69, 9.17) is 9.47 Å². The first-order valence-electron chi connectivity index (χ1n) is 8.70. The number of carbonyl (C=O) groups excluding carboxylic acids is 2. The molecule has 2 atom stereocenters. The van der Waals surface area contributed by atoms with E-state index in [1.807, 2.05) is 0 Å². The van der Waals surface area contributed by atoms with Gasteiger partial charge in [-0.25, -0.2) is 0 Å². The predicted octanol–water partition coefficient (Wildman–Crippen LogP) is 1.97. The second-order valence-corrected chi connectivity index (χ2v) is 7.18. The van der Waals surface area contributed by atoms with Crippen LogP contribution in [-0.4, -0.2) is 48.6 Å². The first kappa shape index (κ1) is 24.8. The van der Waals surface area contributed by atoms with Gasteiger partial charge in [-0.2, -0.15) is 0 Å². The Balaban J connectivity index is 4.70. The zero-order valence-electron chi connectivity index (χ0n) is 16.9. The summed E-state index contributed by atoms with van der Waals surface area (Å²) >= 11 is 0. The largest absolute Gasteiger partial charge is 0.481 e. The summed E-state index contributed by atoms with van der Waals surface area (Å²) in [5, 5.41) is 14.6. The van der Waals surface area contributed by atoms with Gasteiger partial charge in [0.25, 0.3) is 0 Å². The van der Waals surface area contributed by atoms with Crippen LogP contribution in [0.15, 0.2) is 24.3 Å². The van der Waals surface area contributed by atoms with Crippen LogP contribution in [0.4, 0.5) is 0 Å². The number of carboxylic acids is 1. The Labute approximate surface area is 161 Å². The van der Waals surface area contributed by atoms with E-state index in [2.05, 4.69) is 23.8 Å². The summed E-state index contributed by atoms with van der Waals surface area (Å²) < 4.78 is 10.7. The van der Waals surface area contributed by atoms with Crippen LogP contribution >= 0.6 is 0 Å². The lowest BCUT2D eigenvalue weighted by atomic mass is 9.82. The number of ether oxygens (including phenoxy) is 2. The molecule has 154 valence electrons. The van der Waals surface area contributed by atoms with Gasteiger partial charge in [-0.3, -0.25) is 14.4 Å². The molecule has 0 aromatic heterocycles. The van der Waals surface area contributed by atoms with E-state index in [-0.39, 0.29) is 26.1 Å². The standard InChI is InChI=1S/C19H32N2O6/c1-12(2)10-26-14(5)20-16(22)8-19(7,18(24)25)9-17(23)21-15(6)27-11-13(3)4/h14-15H,1,3,8-11H2,2,4-7H3,(H,20,22)(H,21,23)(H,24,25). The van der Waals surface area contributed by atoms with Crippen molar-refractivity contribution in [1.82, 2.24) is 10.6 Å². The molecule has 3 N–H and O–H groups in total. The summed E-state index contributed by atoms with van der Waals surface area (Å²) in [4.78, 5) is 36.0. The molecule has 8 nitrogen and oxygen atoms in total. The minimum absolute atomic E-state index is 0.280. The van der Waals surface area contributed by atoms with Crippen LogP contribution in [0.1, 0.15) is 47.5 Å². The van der Waals surface area contributed by atoms with Gasteiger partial charge < -0.3 is 25.2 Å². The van der Waals surface area contributed by atoms with Crippen molar-refractivity contribution < 1.29 is 29.0 Å². The number of hydrogen-bond donors (Lipinski definition) is 3. The summed E-state index contributed by atoms with van der Waals surface area (Å²) in [6.45, 7) is 16.1. The van der Waals surface area contributed by atoms with Crippen molar-refractivity contribution in [2.75, 3.05) is 13.2 Å². The molecule has 8 heteroatoms. The Morgan fingerprint density at radius 2 is 1.26 bits per heavy atom. The smallest absolute Gasteiger partial charge is 0.310 e. The van der Waals surface area contributed by atoms with E-state index in [9.17, 15) is 19.5 Å². The molecular formula is C19H32N2O6. The Morgan fingerprint density at radius 3 is 1.52 bits per heavy atom. The van der Waals surface area contributed by atoms with Gasteiger partial charge in [0.05, 0.1) is 18.6 Å². The molecule has 0 aromatic carbocycles. The third-order valence-electron chi connectivity index (χ3n) is 3.51. The van der Waals surface area contributed by atoms with Gasteiger partial charge in [0.1, 0.15) is 12.5 Å². The molecule has 0 aliphatic rings. The SMILES string of the molecule is C=C(C)COC(C)NC(=O)CC(C)(CC(=O)NC(C)OCC(=C)C)C(=O)O. The van der Waals surface area contributed by atoms with E-state index >= 15 is 0 Å². The third-order valence-corrected chi connectivity index (χ3v) is 3.51. The van der Waals surface area contributed by atoms with Gasteiger partial charge in [-0.15, -0.1) is 0 Å². The monoisotopic (exact) mass is 384 g/mol. The highest BCUT2D eigenvalue weighted by atomic mass is 16.5. The van der Waals surface area contributed by atoms with Gasteiger partial charge in [-0.1, -0.05) is 24.3 Å². The lowest BCUT2D eigenvalue weighted by Crippen LogP contribution is -2.44. The molecule has 0 bridgehead atoms. The van der Waals surface area contributed by atoms with Gasteiger partial charge in [0.15, 0.2) is 0 Å². The molecule has 0 saturated carbocycles. The highest BCUT2D eigenvalue weighted by Gasteiger charge is 2.38. The Morgan fingerprint density at radius 1 is 0.926 bits per heavy atom. The van der Waals surface area contributed by atoms with Gasteiger partial charge >= 0.3 is 5.97 Å². The van der Waals surface area contributed by atoms with Crippen LogP contribution in [0, 0.1) is 5.41 Å². The van der Waals surface area contributed by atoms with Gasteiger partial charge in [0.2, 0.25) is 11.8 Å². The summed E-state index contributed by atoms with van der Waals surface area (Å²) in [6.07, 6.45) is -1.93. The van der Waals surface area contributed by atoms with E-state index in [0.29, 0.717) is 0 Å². The molecule has 27 heavy (non-hydrogen) atoms. The first-order valence-corrected chi connectivity index (χ1v) is 8.70. The zero-order chi connectivity index (χ0) is 21.2. The lowest BCUT2D eigenvalue weighted by Gasteiger charge is -2.25. The number of nitrogens with one attached hydrogen (secondary N) is 2. The average Bonchev–Trinajstić information content (AvgIpc) is 2.50. The fourth-order valence-corrected chi connectivity index (χ4v) is 2.10. The molecule has 2 unspecified atom stereocenters. The number of carboxylic acid groups (broad SMARTS) is 1. The van der Waals surface area contributed by atoms with E-state index in [1.54, 1.807) is 27.7 Å². The van der Waals surface area contributed by atoms with Crippen molar-refractivity contribution in [3.63, 3.8) is 0 Å². The fraction of sp³-hybridized carbons (Fsp3) is 0.632. The maximum atomic E-state index is 12.2. The number of amides is 2. The molecule has 0 spiro atoms. The van der Waals surface area contributed by atoms with Crippen molar-refractivity contribution in [3.8, 4) is 0 Å². The minimum atomic E-state index is -1.56. The van der Waals surface area contributed by atoms with Crippen LogP contribution in [0.3, 0.4) is 0 Å². The molecule has 0 aliphatic carbocycles. The van der Waals surface area contributed by atoms with Crippen LogP contribution in [0.5, 0.6) is 0 Å². The number of hydrogen-bond acceptors (Lipinski definition) is 5. The Bertz CT molecular complexity index is 533. The lowest BCUT2D eigenvalue weighted by molar-refractivity contribution is -0.154. The fourth-order valence-electron chi connectivity index (χ4n) is 2.10. The highest BCUT2D eigenvalue weighted by molar-refractivity contribution is 5.89. The zero-order valence-corrected chi connectivity index (χ0v) is 16.9. The van der Waals surface area contributed by atoms with Crippen molar-refractivity contribution >= 4 is 17.8 Å². The topological polar surface area (TPSA) is 114 Å². The summed E-state index contributed by atoms with van der Waals surface area (Å²) in [5.74, 6) is -2.28. The molecule has 0 aromatic rings. The van der Waals surface area contributed by atoms with Gasteiger partial charge in [-0.05, 0) is 34.6 Å². The Hall–Kier alpha value is -2.19. The van der Waals surface area contributed by atoms with E-state index in [1.165, 1.54) is 6.92 Å². The van der Waals surface area contributed by atoms with E-state index < -0.39 is 35.7 Å². The van der Waals surface area contributed by atoms with E-state index in [0.717, 1.165) is 11.1 Å². The minimum Gasteiger partial charge on any atom is -0.481 e. The molecule has 0 rings (SSSR count). The van der Waals surface area contributed by atoms with Crippen molar-refractivity contribution in [2.24, 2.45) is 5.41 Å². The van der Waals surface area contributed by atoms with Crippen molar-refractivity contribution in [1.29, 1.82) is 0 Å². The molecule has 0 heterocycles. The summed E-state index contributed by atoms with van der Waals surface area (Å²) in [6, 6.07) is 0. The molecular weight excluding hydrogens is 352 g/mol. The highest BCUT2D eigenvalue weighted by Crippen LogP contribution is 2.26. The van der Waals surface area contributed by atoms with Crippen molar-refractivity contribution in [3.05, 3.63) is 24.3 Å². The maximum Gasteiger partial charge on any atom is 0.310 e. The Kier molecular flexibility index (Phi) is 10.6. The van der Waals surface area contributed by atoms with Crippen LogP contribution in [-0.2, 0) is 23.9 Å². The molecule has 0 radical (unpaired) electrons. The molecule has 0 saturated heterocycles. The average molecular weight is 384 g/mol. The molecule has 0 aliphatic heterocycles. The quantitative estimate of drug-likeness (QED) is 0.330. The summed E-state index contributed by atoms with van der Waals surface area (Å²) in [7, 11) is 0. The van der Waals surface area contributed by atoms with Crippen molar-refractivity contribution in [2.45, 2.75) is 59.9 Å². The van der Waals surface area contributed by atoms with Crippen LogP contribution in [0.2, 0.25) is 0 Å². The summed E-state index contributed by atoms with van der Waals surface area (Å²) in [5.41, 5.74) is 0.0355. The molecule has 2 amide bonds. The van der Waals surface area contributed by atoms with Gasteiger partial charge in [0, 0.05) is 12.8 Å². The third kappa shape index (κ3) is 11.2. The normalized spacial score (nSPS) is 15.1. The number of rotatable bonds is 13. The molecule has 0 fully saturated rings. The van der Waals surface area contributed by atoms with Crippen LogP contribution in [0.25, 0.3) is 0 Å². The second kappa shape index (κ2) is 11.5. The predicted molar refractivity (Wildman–Crippen MR) is 102 cm³/mol. The second-order valence-electron chi connectivity index (χ2n) is 7.18.